The number of hydrogen-bond acceptors (Lipinski definition) is 2. The second-order valence-corrected chi connectivity index (χ2v) is 6.24. The molecule has 2 rings (SSSR count). The Morgan fingerprint density at radius 1 is 1.04 bits per heavy atom. The summed E-state index contributed by atoms with van der Waals surface area (Å²) in [4.78, 5) is 25.6. The number of carbonyl (C=O) groups excluding carboxylic acids is 2. The van der Waals surface area contributed by atoms with Gasteiger partial charge in [-0.1, -0.05) is 48.9 Å². The van der Waals surface area contributed by atoms with Crippen molar-refractivity contribution in [2.75, 3.05) is 19.4 Å². The van der Waals surface area contributed by atoms with Crippen LogP contribution in [-0.4, -0.2) is 37.0 Å². The maximum absolute atomic E-state index is 12.1. The molecule has 0 saturated carbocycles. The number of rotatable bonds is 5. The molecule has 0 unspecified atom stereocenters. The summed E-state index contributed by atoms with van der Waals surface area (Å²) in [6.07, 6.45) is 0.538. The summed E-state index contributed by atoms with van der Waals surface area (Å²) >= 11 is 0. The summed E-state index contributed by atoms with van der Waals surface area (Å²) in [5.74, 6) is -0.118. The second-order valence-electron chi connectivity index (χ2n) is 6.24. The summed E-state index contributed by atoms with van der Waals surface area (Å²) in [6, 6.07) is 15.0. The average Bonchev–Trinajstić information content (AvgIpc) is 2.59. The lowest BCUT2D eigenvalue weighted by atomic mass is 10.0. The molecule has 2 aromatic carbocycles. The number of benzene rings is 2. The standard InChI is InChI=1S/C20H25N3O2/c1-5-18(19(24)23(3)4)22-20(25)21-17-11-9-15(10-12-17)16-8-6-7-14(2)13-16/h6-13,18H,5H2,1-4H3,(H2,21,22,25)/t18-/m0/s1. The van der Waals surface area contributed by atoms with E-state index in [0.717, 1.165) is 11.1 Å². The van der Waals surface area contributed by atoms with Crippen LogP contribution in [0.25, 0.3) is 11.1 Å². The fourth-order valence-corrected chi connectivity index (χ4v) is 2.55. The normalized spacial score (nSPS) is 11.5. The number of anilines is 1. The molecule has 0 bridgehead atoms. The molecule has 0 aliphatic heterocycles. The Hall–Kier alpha value is -2.82. The van der Waals surface area contributed by atoms with Gasteiger partial charge in [-0.25, -0.2) is 4.79 Å². The van der Waals surface area contributed by atoms with Crippen LogP contribution in [0.3, 0.4) is 0 Å². The third-order valence-electron chi connectivity index (χ3n) is 3.95. The molecule has 2 aromatic rings. The molecule has 132 valence electrons. The number of urea groups is 1. The highest BCUT2D eigenvalue weighted by Gasteiger charge is 2.20. The van der Waals surface area contributed by atoms with Crippen LogP contribution in [0.2, 0.25) is 0 Å². The summed E-state index contributed by atoms with van der Waals surface area (Å²) in [7, 11) is 3.35. The largest absolute Gasteiger partial charge is 0.347 e. The van der Waals surface area contributed by atoms with Crippen molar-refractivity contribution in [3.05, 3.63) is 54.1 Å². The van der Waals surface area contributed by atoms with Gasteiger partial charge < -0.3 is 15.5 Å². The van der Waals surface area contributed by atoms with E-state index in [1.807, 2.05) is 37.3 Å². The van der Waals surface area contributed by atoms with Crippen molar-refractivity contribution < 1.29 is 9.59 Å². The van der Waals surface area contributed by atoms with Crippen LogP contribution >= 0.6 is 0 Å². The van der Waals surface area contributed by atoms with E-state index in [1.54, 1.807) is 14.1 Å². The van der Waals surface area contributed by atoms with Crippen LogP contribution in [0.4, 0.5) is 10.5 Å². The minimum Gasteiger partial charge on any atom is -0.347 e. The van der Waals surface area contributed by atoms with Gasteiger partial charge in [-0.15, -0.1) is 0 Å². The third kappa shape index (κ3) is 5.08. The van der Waals surface area contributed by atoms with Crippen LogP contribution in [0.1, 0.15) is 18.9 Å². The van der Waals surface area contributed by atoms with Gasteiger partial charge in [-0.2, -0.15) is 0 Å². The van der Waals surface area contributed by atoms with E-state index in [-0.39, 0.29) is 11.9 Å². The van der Waals surface area contributed by atoms with Crippen molar-refractivity contribution in [1.82, 2.24) is 10.2 Å². The van der Waals surface area contributed by atoms with Crippen molar-refractivity contribution >= 4 is 17.6 Å². The van der Waals surface area contributed by atoms with Crippen LogP contribution in [0.15, 0.2) is 48.5 Å². The number of likely N-dealkylation sites (N-methyl/N-ethyl adjacent to an activating group) is 1. The van der Waals surface area contributed by atoms with Crippen LogP contribution in [0, 0.1) is 6.92 Å². The van der Waals surface area contributed by atoms with Crippen molar-refractivity contribution in [1.29, 1.82) is 0 Å². The van der Waals surface area contributed by atoms with Gasteiger partial charge in [-0.05, 0) is 36.6 Å². The molecule has 0 aromatic heterocycles. The molecule has 5 nitrogen and oxygen atoms in total. The lowest BCUT2D eigenvalue weighted by Gasteiger charge is -2.20. The molecule has 0 radical (unpaired) electrons. The Morgan fingerprint density at radius 3 is 2.28 bits per heavy atom. The van der Waals surface area contributed by atoms with Crippen molar-refractivity contribution in [2.24, 2.45) is 0 Å². The SMILES string of the molecule is CC[C@H](NC(=O)Nc1ccc(-c2cccc(C)c2)cc1)C(=O)N(C)C. The number of hydrogen-bond donors (Lipinski definition) is 2. The molecular weight excluding hydrogens is 314 g/mol. The maximum Gasteiger partial charge on any atom is 0.319 e. The Labute approximate surface area is 149 Å². The van der Waals surface area contributed by atoms with E-state index in [9.17, 15) is 9.59 Å². The molecule has 5 heteroatoms. The first-order valence-corrected chi connectivity index (χ1v) is 8.36. The molecule has 1 atom stereocenters. The van der Waals surface area contributed by atoms with E-state index in [1.165, 1.54) is 10.5 Å². The zero-order valence-electron chi connectivity index (χ0n) is 15.2. The molecule has 0 saturated heterocycles. The highest BCUT2D eigenvalue weighted by molar-refractivity contribution is 5.93. The first-order chi connectivity index (χ1) is 11.9. The summed E-state index contributed by atoms with van der Waals surface area (Å²) in [6.45, 7) is 3.92. The van der Waals surface area contributed by atoms with Gasteiger partial charge in [0.1, 0.15) is 6.04 Å². The highest BCUT2D eigenvalue weighted by Crippen LogP contribution is 2.22. The van der Waals surface area contributed by atoms with Crippen LogP contribution < -0.4 is 10.6 Å². The van der Waals surface area contributed by atoms with E-state index in [0.29, 0.717) is 12.1 Å². The summed E-state index contributed by atoms with van der Waals surface area (Å²) in [5.41, 5.74) is 4.11. The number of nitrogens with one attached hydrogen (secondary N) is 2. The number of carbonyl (C=O) groups is 2. The molecule has 0 spiro atoms. The second kappa shape index (κ2) is 8.33. The Morgan fingerprint density at radius 2 is 1.72 bits per heavy atom. The topological polar surface area (TPSA) is 61.4 Å². The molecular formula is C20H25N3O2. The van der Waals surface area contributed by atoms with Gasteiger partial charge in [0.25, 0.3) is 0 Å². The molecule has 0 aliphatic rings. The van der Waals surface area contributed by atoms with Crippen molar-refractivity contribution in [3.8, 4) is 11.1 Å². The minimum atomic E-state index is -0.526. The maximum atomic E-state index is 12.1. The zero-order valence-corrected chi connectivity index (χ0v) is 15.2. The third-order valence-corrected chi connectivity index (χ3v) is 3.95. The Balaban J connectivity index is 2.01. The number of nitrogens with zero attached hydrogens (tertiary/aromatic N) is 1. The Bertz CT molecular complexity index is 739. The van der Waals surface area contributed by atoms with E-state index < -0.39 is 6.04 Å². The lowest BCUT2D eigenvalue weighted by molar-refractivity contribution is -0.130. The smallest absolute Gasteiger partial charge is 0.319 e. The minimum absolute atomic E-state index is 0.118. The quantitative estimate of drug-likeness (QED) is 0.873. The first-order valence-electron chi connectivity index (χ1n) is 8.36. The predicted octanol–water partition coefficient (Wildman–Crippen LogP) is 3.65. The fourth-order valence-electron chi connectivity index (χ4n) is 2.55. The summed E-state index contributed by atoms with van der Waals surface area (Å²) in [5, 5.41) is 5.48. The van der Waals surface area contributed by atoms with Gasteiger partial charge in [0, 0.05) is 19.8 Å². The van der Waals surface area contributed by atoms with Crippen LogP contribution in [-0.2, 0) is 4.79 Å². The lowest BCUT2D eigenvalue weighted by Crippen LogP contribution is -2.47. The number of aryl methyl sites for hydroxylation is 1. The molecule has 25 heavy (non-hydrogen) atoms. The fraction of sp³-hybridized carbons (Fsp3) is 0.300. The van der Waals surface area contributed by atoms with Crippen molar-refractivity contribution in [3.63, 3.8) is 0 Å². The molecule has 0 fully saturated rings. The molecule has 0 aliphatic carbocycles. The highest BCUT2D eigenvalue weighted by atomic mass is 16.2. The van der Waals surface area contributed by atoms with Crippen LogP contribution in [0.5, 0.6) is 0 Å². The predicted molar refractivity (Wildman–Crippen MR) is 102 cm³/mol. The van der Waals surface area contributed by atoms with Gasteiger partial charge >= 0.3 is 6.03 Å². The first kappa shape index (κ1) is 18.5. The number of amides is 3. The molecule has 2 N–H and O–H groups in total. The van der Waals surface area contributed by atoms with Gasteiger partial charge in [0.05, 0.1) is 0 Å². The van der Waals surface area contributed by atoms with Gasteiger partial charge in [0.15, 0.2) is 0 Å². The van der Waals surface area contributed by atoms with Crippen molar-refractivity contribution in [2.45, 2.75) is 26.3 Å². The van der Waals surface area contributed by atoms with E-state index in [4.69, 9.17) is 0 Å². The summed E-state index contributed by atoms with van der Waals surface area (Å²) < 4.78 is 0. The monoisotopic (exact) mass is 339 g/mol. The molecule has 3 amide bonds. The average molecular weight is 339 g/mol. The van der Waals surface area contributed by atoms with E-state index in [2.05, 4.69) is 35.8 Å². The Kier molecular flexibility index (Phi) is 6.17. The zero-order chi connectivity index (χ0) is 18.4. The molecule has 0 heterocycles. The van der Waals surface area contributed by atoms with Gasteiger partial charge in [0.2, 0.25) is 5.91 Å². The van der Waals surface area contributed by atoms with Gasteiger partial charge in [-0.3, -0.25) is 4.79 Å². The van der Waals surface area contributed by atoms with E-state index >= 15 is 0 Å².